The highest BCUT2D eigenvalue weighted by Gasteiger charge is 2.23. The first-order chi connectivity index (χ1) is 3.84. The Morgan fingerprint density at radius 3 is 2.75 bits per heavy atom. The Morgan fingerprint density at radius 2 is 2.50 bits per heavy atom. The fraction of sp³-hybridized carbons (Fsp3) is 1.00. The SMILES string of the molecule is CCC1OCCC1Br. The molecule has 0 spiro atoms. The van der Waals surface area contributed by atoms with Crippen molar-refractivity contribution in [3.05, 3.63) is 0 Å². The molecule has 8 heavy (non-hydrogen) atoms. The Bertz CT molecular complexity index is 74.9. The zero-order valence-corrected chi connectivity index (χ0v) is 6.65. The lowest BCUT2D eigenvalue weighted by atomic mass is 10.2. The van der Waals surface area contributed by atoms with Crippen LogP contribution in [0.2, 0.25) is 0 Å². The Labute approximate surface area is 58.5 Å². The van der Waals surface area contributed by atoms with E-state index in [0.29, 0.717) is 10.9 Å². The molecule has 48 valence electrons. The van der Waals surface area contributed by atoms with E-state index in [1.165, 1.54) is 6.42 Å². The van der Waals surface area contributed by atoms with Gasteiger partial charge in [-0.2, -0.15) is 0 Å². The van der Waals surface area contributed by atoms with Crippen LogP contribution in [0.1, 0.15) is 19.8 Å². The molecular formula is C6H11BrO. The Hall–Kier alpha value is 0.440. The fourth-order valence-electron chi connectivity index (χ4n) is 0.996. The van der Waals surface area contributed by atoms with Gasteiger partial charge in [0, 0.05) is 11.4 Å². The zero-order chi connectivity index (χ0) is 5.98. The second-order valence-corrected chi connectivity index (χ2v) is 3.30. The average molecular weight is 179 g/mol. The molecule has 0 saturated carbocycles. The lowest BCUT2D eigenvalue weighted by molar-refractivity contribution is 0.111. The summed E-state index contributed by atoms with van der Waals surface area (Å²) < 4.78 is 5.37. The van der Waals surface area contributed by atoms with Crippen LogP contribution in [0.3, 0.4) is 0 Å². The number of hydrogen-bond acceptors (Lipinski definition) is 1. The molecule has 1 aliphatic heterocycles. The van der Waals surface area contributed by atoms with Crippen molar-refractivity contribution < 1.29 is 4.74 Å². The molecule has 2 heteroatoms. The average Bonchev–Trinajstić information content (AvgIpc) is 2.14. The maximum Gasteiger partial charge on any atom is 0.0698 e. The third-order valence-corrected chi connectivity index (χ3v) is 2.58. The molecule has 0 aliphatic carbocycles. The second kappa shape index (κ2) is 2.83. The van der Waals surface area contributed by atoms with E-state index in [0.717, 1.165) is 13.0 Å². The van der Waals surface area contributed by atoms with Crippen LogP contribution in [0.5, 0.6) is 0 Å². The third kappa shape index (κ3) is 1.23. The Morgan fingerprint density at radius 1 is 1.75 bits per heavy atom. The maximum absolute atomic E-state index is 5.37. The molecule has 0 bridgehead atoms. The van der Waals surface area contributed by atoms with Crippen molar-refractivity contribution in [3.63, 3.8) is 0 Å². The first-order valence-corrected chi connectivity index (χ1v) is 4.02. The van der Waals surface area contributed by atoms with Crippen LogP contribution in [0.4, 0.5) is 0 Å². The molecule has 1 saturated heterocycles. The van der Waals surface area contributed by atoms with Gasteiger partial charge in [0.1, 0.15) is 0 Å². The highest BCUT2D eigenvalue weighted by Crippen LogP contribution is 2.22. The summed E-state index contributed by atoms with van der Waals surface area (Å²) >= 11 is 3.54. The van der Waals surface area contributed by atoms with Crippen molar-refractivity contribution in [3.8, 4) is 0 Å². The second-order valence-electron chi connectivity index (χ2n) is 2.12. The molecule has 1 rings (SSSR count). The molecular weight excluding hydrogens is 168 g/mol. The van der Waals surface area contributed by atoms with Gasteiger partial charge >= 0.3 is 0 Å². The van der Waals surface area contributed by atoms with Crippen molar-refractivity contribution in [1.82, 2.24) is 0 Å². The van der Waals surface area contributed by atoms with Gasteiger partial charge < -0.3 is 4.74 Å². The molecule has 0 aromatic rings. The summed E-state index contributed by atoms with van der Waals surface area (Å²) in [5.41, 5.74) is 0. The quantitative estimate of drug-likeness (QED) is 0.559. The van der Waals surface area contributed by atoms with Crippen molar-refractivity contribution in [2.75, 3.05) is 6.61 Å². The van der Waals surface area contributed by atoms with Crippen LogP contribution in [0.25, 0.3) is 0 Å². The molecule has 1 heterocycles. The van der Waals surface area contributed by atoms with E-state index < -0.39 is 0 Å². The van der Waals surface area contributed by atoms with Gasteiger partial charge in [-0.1, -0.05) is 22.9 Å². The first-order valence-electron chi connectivity index (χ1n) is 3.10. The monoisotopic (exact) mass is 178 g/mol. The minimum absolute atomic E-state index is 0.481. The summed E-state index contributed by atoms with van der Waals surface area (Å²) in [6.45, 7) is 3.10. The maximum atomic E-state index is 5.37. The van der Waals surface area contributed by atoms with Gasteiger partial charge in [0.2, 0.25) is 0 Å². The minimum atomic E-state index is 0.481. The van der Waals surface area contributed by atoms with Gasteiger partial charge in [-0.15, -0.1) is 0 Å². The molecule has 0 radical (unpaired) electrons. The van der Waals surface area contributed by atoms with Gasteiger partial charge in [-0.25, -0.2) is 0 Å². The smallest absolute Gasteiger partial charge is 0.0698 e. The number of halogens is 1. The van der Waals surface area contributed by atoms with Crippen molar-refractivity contribution in [2.45, 2.75) is 30.7 Å². The van der Waals surface area contributed by atoms with Gasteiger partial charge in [-0.05, 0) is 12.8 Å². The van der Waals surface area contributed by atoms with E-state index in [9.17, 15) is 0 Å². The van der Waals surface area contributed by atoms with E-state index in [2.05, 4.69) is 22.9 Å². The summed E-state index contributed by atoms with van der Waals surface area (Å²) in [6.07, 6.45) is 2.80. The van der Waals surface area contributed by atoms with Crippen molar-refractivity contribution >= 4 is 15.9 Å². The molecule has 1 fully saturated rings. The third-order valence-electron chi connectivity index (χ3n) is 1.53. The molecule has 0 aromatic carbocycles. The van der Waals surface area contributed by atoms with Gasteiger partial charge in [-0.3, -0.25) is 0 Å². The molecule has 0 N–H and O–H groups in total. The summed E-state index contributed by atoms with van der Waals surface area (Å²) in [4.78, 5) is 0.618. The standard InChI is InChI=1S/C6H11BrO/c1-2-6-5(7)3-4-8-6/h5-6H,2-4H2,1H3. The summed E-state index contributed by atoms with van der Waals surface area (Å²) in [5.74, 6) is 0. The van der Waals surface area contributed by atoms with Gasteiger partial charge in [0.25, 0.3) is 0 Å². The van der Waals surface area contributed by atoms with E-state index >= 15 is 0 Å². The van der Waals surface area contributed by atoms with E-state index in [1.54, 1.807) is 0 Å². The van der Waals surface area contributed by atoms with Crippen molar-refractivity contribution in [2.24, 2.45) is 0 Å². The lowest BCUT2D eigenvalue weighted by Gasteiger charge is -2.08. The topological polar surface area (TPSA) is 9.23 Å². The molecule has 1 aliphatic rings. The minimum Gasteiger partial charge on any atom is -0.377 e. The Balaban J connectivity index is 2.30. The summed E-state index contributed by atoms with van der Waals surface area (Å²) in [7, 11) is 0. The number of rotatable bonds is 1. The summed E-state index contributed by atoms with van der Waals surface area (Å²) in [6, 6.07) is 0. The van der Waals surface area contributed by atoms with Crippen LogP contribution < -0.4 is 0 Å². The molecule has 2 atom stereocenters. The largest absolute Gasteiger partial charge is 0.377 e. The van der Waals surface area contributed by atoms with Crippen LogP contribution in [-0.4, -0.2) is 17.5 Å². The number of hydrogen-bond donors (Lipinski definition) is 0. The van der Waals surface area contributed by atoms with Gasteiger partial charge in [0.15, 0.2) is 0 Å². The van der Waals surface area contributed by atoms with E-state index in [4.69, 9.17) is 4.74 Å². The predicted molar refractivity (Wildman–Crippen MR) is 37.4 cm³/mol. The van der Waals surface area contributed by atoms with E-state index in [1.807, 2.05) is 0 Å². The fourth-order valence-corrected chi connectivity index (χ4v) is 1.71. The highest BCUT2D eigenvalue weighted by molar-refractivity contribution is 9.09. The molecule has 0 amide bonds. The van der Waals surface area contributed by atoms with Crippen LogP contribution in [0, 0.1) is 0 Å². The number of ether oxygens (including phenoxy) is 1. The van der Waals surface area contributed by atoms with E-state index in [-0.39, 0.29) is 0 Å². The highest BCUT2D eigenvalue weighted by atomic mass is 79.9. The molecule has 1 nitrogen and oxygen atoms in total. The molecule has 0 aromatic heterocycles. The Kier molecular flexibility index (Phi) is 2.32. The molecule has 2 unspecified atom stereocenters. The summed E-state index contributed by atoms with van der Waals surface area (Å²) in [5, 5.41) is 0. The van der Waals surface area contributed by atoms with Crippen LogP contribution in [0.15, 0.2) is 0 Å². The zero-order valence-electron chi connectivity index (χ0n) is 5.06. The van der Waals surface area contributed by atoms with Crippen molar-refractivity contribution in [1.29, 1.82) is 0 Å². The predicted octanol–water partition coefficient (Wildman–Crippen LogP) is 1.95. The lowest BCUT2D eigenvalue weighted by Crippen LogP contribution is -2.12. The normalized spacial score (nSPS) is 38.2. The van der Waals surface area contributed by atoms with Gasteiger partial charge in [0.05, 0.1) is 6.10 Å². The number of alkyl halides is 1. The van der Waals surface area contributed by atoms with Crippen LogP contribution >= 0.6 is 15.9 Å². The first kappa shape index (κ1) is 6.56. The van der Waals surface area contributed by atoms with Crippen LogP contribution in [-0.2, 0) is 4.74 Å².